The average Bonchev–Trinajstić information content (AvgIpc) is 2.28. The lowest BCUT2D eigenvalue weighted by molar-refractivity contribution is 0.0596. The minimum absolute atomic E-state index is 0.109. The number of nitrogens with zero attached hydrogens (tertiary/aromatic N) is 1. The van der Waals surface area contributed by atoms with Crippen LogP contribution in [0.5, 0.6) is 0 Å². The molecule has 0 saturated carbocycles. The second-order valence-corrected chi connectivity index (χ2v) is 3.69. The van der Waals surface area contributed by atoms with Gasteiger partial charge in [0.1, 0.15) is 0 Å². The van der Waals surface area contributed by atoms with Crippen molar-refractivity contribution in [1.82, 2.24) is 4.98 Å². The van der Waals surface area contributed by atoms with Crippen molar-refractivity contribution in [2.24, 2.45) is 0 Å². The number of pyridine rings is 1. The topological polar surface area (TPSA) is 65.2 Å². The fraction of sp³-hybridized carbons (Fsp3) is 0.0909. The predicted octanol–water partition coefficient (Wildman–Crippen LogP) is 2.26. The van der Waals surface area contributed by atoms with E-state index < -0.39 is 5.97 Å². The summed E-state index contributed by atoms with van der Waals surface area (Å²) in [5.41, 5.74) is 6.72. The maximum Gasteiger partial charge on any atom is 0.358 e. The van der Waals surface area contributed by atoms with E-state index in [1.807, 2.05) is 0 Å². The van der Waals surface area contributed by atoms with E-state index in [4.69, 9.17) is 17.3 Å². The molecule has 4 nitrogen and oxygen atoms in total. The number of halogens is 1. The normalized spacial score (nSPS) is 10.4. The molecule has 0 radical (unpaired) electrons. The van der Waals surface area contributed by atoms with Crippen molar-refractivity contribution in [3.8, 4) is 0 Å². The van der Waals surface area contributed by atoms with E-state index in [0.717, 1.165) is 5.39 Å². The minimum Gasteiger partial charge on any atom is -0.464 e. The van der Waals surface area contributed by atoms with Gasteiger partial charge in [-0.2, -0.15) is 0 Å². The second-order valence-electron chi connectivity index (χ2n) is 3.25. The molecule has 82 valence electrons. The molecule has 0 aliphatic heterocycles. The van der Waals surface area contributed by atoms with E-state index in [9.17, 15) is 4.79 Å². The van der Waals surface area contributed by atoms with Crippen LogP contribution in [0.25, 0.3) is 10.9 Å². The molecule has 0 unspecified atom stereocenters. The number of esters is 1. The number of carbonyl (C=O) groups excluding carboxylic acids is 1. The summed E-state index contributed by atoms with van der Waals surface area (Å²) < 4.78 is 4.58. The van der Waals surface area contributed by atoms with Crippen molar-refractivity contribution in [1.29, 1.82) is 0 Å². The van der Waals surface area contributed by atoms with Crippen LogP contribution < -0.4 is 5.73 Å². The lowest BCUT2D eigenvalue weighted by atomic mass is 10.2. The molecule has 5 heteroatoms. The number of ether oxygens (including phenoxy) is 1. The third-order valence-electron chi connectivity index (χ3n) is 2.19. The Labute approximate surface area is 97.0 Å². The van der Waals surface area contributed by atoms with Gasteiger partial charge in [0.25, 0.3) is 0 Å². The molecule has 1 heterocycles. The van der Waals surface area contributed by atoms with Gasteiger partial charge in [-0.25, -0.2) is 9.78 Å². The molecule has 0 spiro atoms. The van der Waals surface area contributed by atoms with Gasteiger partial charge in [0.15, 0.2) is 5.69 Å². The highest BCUT2D eigenvalue weighted by molar-refractivity contribution is 6.31. The molecule has 2 aromatic rings. The zero-order chi connectivity index (χ0) is 11.7. The first-order valence-corrected chi connectivity index (χ1v) is 4.93. The number of methoxy groups -OCH3 is 1. The first kappa shape index (κ1) is 10.7. The van der Waals surface area contributed by atoms with Gasteiger partial charge < -0.3 is 10.5 Å². The molecule has 0 aliphatic carbocycles. The van der Waals surface area contributed by atoms with E-state index in [-0.39, 0.29) is 5.69 Å². The van der Waals surface area contributed by atoms with Crippen LogP contribution in [0.1, 0.15) is 10.5 Å². The standard InChI is InChI=1S/C11H9ClN2O2/c1-16-11(15)10-8(13)4-6-2-3-7(12)5-9(6)14-10/h2-5H,13H2,1H3. The molecule has 0 fully saturated rings. The van der Waals surface area contributed by atoms with Crippen molar-refractivity contribution in [3.05, 3.63) is 35.0 Å². The number of hydrogen-bond acceptors (Lipinski definition) is 4. The zero-order valence-corrected chi connectivity index (χ0v) is 9.28. The van der Waals surface area contributed by atoms with Crippen LogP contribution in [0.2, 0.25) is 5.02 Å². The summed E-state index contributed by atoms with van der Waals surface area (Å²) in [5.74, 6) is -0.556. The van der Waals surface area contributed by atoms with Crippen LogP contribution in [0, 0.1) is 0 Å². The Hall–Kier alpha value is -1.81. The second kappa shape index (κ2) is 3.98. The lowest BCUT2D eigenvalue weighted by Gasteiger charge is -2.05. The largest absolute Gasteiger partial charge is 0.464 e. The zero-order valence-electron chi connectivity index (χ0n) is 8.53. The van der Waals surface area contributed by atoms with Crippen LogP contribution in [0.15, 0.2) is 24.3 Å². The SMILES string of the molecule is COC(=O)c1nc2cc(Cl)ccc2cc1N. The van der Waals surface area contributed by atoms with Gasteiger partial charge in [0.05, 0.1) is 18.3 Å². The first-order valence-electron chi connectivity index (χ1n) is 4.56. The number of nitrogen functional groups attached to an aromatic ring is 1. The minimum atomic E-state index is -0.556. The van der Waals surface area contributed by atoms with Crippen LogP contribution in [-0.2, 0) is 4.74 Å². The van der Waals surface area contributed by atoms with Crippen LogP contribution >= 0.6 is 11.6 Å². The van der Waals surface area contributed by atoms with Gasteiger partial charge in [-0.3, -0.25) is 0 Å². The van der Waals surface area contributed by atoms with Gasteiger partial charge in [-0.15, -0.1) is 0 Å². The fourth-order valence-corrected chi connectivity index (χ4v) is 1.58. The molecule has 1 aromatic carbocycles. The highest BCUT2D eigenvalue weighted by Gasteiger charge is 2.13. The molecule has 2 N–H and O–H groups in total. The predicted molar refractivity (Wildman–Crippen MR) is 62.5 cm³/mol. The molecule has 0 aliphatic rings. The Morgan fingerprint density at radius 3 is 2.88 bits per heavy atom. The van der Waals surface area contributed by atoms with Crippen LogP contribution in [-0.4, -0.2) is 18.1 Å². The molecular formula is C11H9ClN2O2. The quantitative estimate of drug-likeness (QED) is 0.772. The van der Waals surface area contributed by atoms with Gasteiger partial charge in [-0.1, -0.05) is 17.7 Å². The molecule has 2 rings (SSSR count). The molecule has 0 atom stereocenters. The highest BCUT2D eigenvalue weighted by atomic mass is 35.5. The van der Waals surface area contributed by atoms with Crippen molar-refractivity contribution < 1.29 is 9.53 Å². The van der Waals surface area contributed by atoms with E-state index in [1.54, 1.807) is 24.3 Å². The third-order valence-corrected chi connectivity index (χ3v) is 2.42. The number of aromatic nitrogens is 1. The van der Waals surface area contributed by atoms with Crippen molar-refractivity contribution in [2.75, 3.05) is 12.8 Å². The first-order chi connectivity index (χ1) is 7.61. The van der Waals surface area contributed by atoms with Crippen molar-refractivity contribution in [3.63, 3.8) is 0 Å². The summed E-state index contributed by atoms with van der Waals surface area (Å²) in [6, 6.07) is 6.87. The fourth-order valence-electron chi connectivity index (χ4n) is 1.42. The number of fused-ring (bicyclic) bond motifs is 1. The Bertz CT molecular complexity index is 569. The van der Waals surface area contributed by atoms with E-state index in [2.05, 4.69) is 9.72 Å². The molecule has 0 amide bonds. The monoisotopic (exact) mass is 236 g/mol. The molecule has 0 saturated heterocycles. The molecule has 0 bridgehead atoms. The van der Waals surface area contributed by atoms with Gasteiger partial charge in [0.2, 0.25) is 0 Å². The number of rotatable bonds is 1. The Kier molecular flexibility index (Phi) is 2.66. The summed E-state index contributed by atoms with van der Waals surface area (Å²) in [6.07, 6.45) is 0. The Morgan fingerprint density at radius 2 is 2.19 bits per heavy atom. The summed E-state index contributed by atoms with van der Waals surface area (Å²) >= 11 is 5.84. The summed E-state index contributed by atoms with van der Waals surface area (Å²) in [5, 5.41) is 1.38. The Balaban J connectivity index is 2.68. The van der Waals surface area contributed by atoms with E-state index >= 15 is 0 Å². The van der Waals surface area contributed by atoms with Gasteiger partial charge in [-0.05, 0) is 18.2 Å². The molecular weight excluding hydrogens is 228 g/mol. The number of carbonyl (C=O) groups is 1. The molecule has 1 aromatic heterocycles. The average molecular weight is 237 g/mol. The Morgan fingerprint density at radius 1 is 1.44 bits per heavy atom. The van der Waals surface area contributed by atoms with Crippen LogP contribution in [0.3, 0.4) is 0 Å². The lowest BCUT2D eigenvalue weighted by Crippen LogP contribution is -2.08. The summed E-state index contributed by atoms with van der Waals surface area (Å²) in [4.78, 5) is 15.5. The smallest absolute Gasteiger partial charge is 0.358 e. The van der Waals surface area contributed by atoms with Crippen molar-refractivity contribution >= 4 is 34.2 Å². The van der Waals surface area contributed by atoms with Gasteiger partial charge >= 0.3 is 5.97 Å². The number of benzene rings is 1. The maximum absolute atomic E-state index is 11.4. The number of hydrogen-bond donors (Lipinski definition) is 1. The van der Waals surface area contributed by atoms with Gasteiger partial charge in [0, 0.05) is 10.4 Å². The van der Waals surface area contributed by atoms with E-state index in [1.165, 1.54) is 7.11 Å². The number of nitrogens with two attached hydrogens (primary N) is 1. The summed E-state index contributed by atoms with van der Waals surface area (Å²) in [7, 11) is 1.28. The highest BCUT2D eigenvalue weighted by Crippen LogP contribution is 2.22. The number of anilines is 1. The maximum atomic E-state index is 11.4. The van der Waals surface area contributed by atoms with Crippen LogP contribution in [0.4, 0.5) is 5.69 Å². The third kappa shape index (κ3) is 1.79. The van der Waals surface area contributed by atoms with E-state index in [0.29, 0.717) is 16.2 Å². The summed E-state index contributed by atoms with van der Waals surface area (Å²) in [6.45, 7) is 0. The molecule has 16 heavy (non-hydrogen) atoms. The van der Waals surface area contributed by atoms with Crippen molar-refractivity contribution in [2.45, 2.75) is 0 Å².